The Balaban J connectivity index is 1.99. The summed E-state index contributed by atoms with van der Waals surface area (Å²) in [7, 11) is 0. The molecule has 1 aromatic rings. The van der Waals surface area contributed by atoms with E-state index in [1.165, 1.54) is 5.56 Å². The van der Waals surface area contributed by atoms with Gasteiger partial charge >= 0.3 is 0 Å². The smallest absolute Gasteiger partial charge is 0.122 e. The topological polar surface area (TPSA) is 29.5 Å². The van der Waals surface area contributed by atoms with E-state index in [0.717, 1.165) is 12.2 Å². The van der Waals surface area contributed by atoms with Crippen LogP contribution < -0.4 is 4.74 Å². The summed E-state index contributed by atoms with van der Waals surface area (Å²) < 4.78 is 5.66. The summed E-state index contributed by atoms with van der Waals surface area (Å²) in [5.74, 6) is 2.30. The summed E-state index contributed by atoms with van der Waals surface area (Å²) in [5, 5.41) is 9.95. The Kier molecular flexibility index (Phi) is 1.99. The number of rotatable bonds is 1. The quantitative estimate of drug-likeness (QED) is 0.759. The average molecular weight is 204 g/mol. The van der Waals surface area contributed by atoms with Gasteiger partial charge < -0.3 is 9.84 Å². The maximum Gasteiger partial charge on any atom is 0.122 e. The molecule has 0 saturated heterocycles. The molecule has 0 bridgehead atoms. The molecule has 4 atom stereocenters. The van der Waals surface area contributed by atoms with Crippen molar-refractivity contribution in [3.8, 4) is 5.75 Å². The standard InChI is InChI=1S/C13H16O2/c1-2-8-12-9-5-3-4-6-11(9)15-7-10(12)13(8)14/h3-6,8,10,12-14H,2,7H2,1H3. The predicted octanol–water partition coefficient (Wildman–Crippen LogP) is 2.18. The number of para-hydroxylation sites is 1. The molecule has 3 rings (SSSR count). The van der Waals surface area contributed by atoms with E-state index in [9.17, 15) is 5.11 Å². The Bertz CT molecular complexity index is 375. The maximum atomic E-state index is 9.95. The first-order valence-electron chi connectivity index (χ1n) is 5.72. The van der Waals surface area contributed by atoms with Crippen LogP contribution in [-0.4, -0.2) is 17.8 Å². The third kappa shape index (κ3) is 1.14. The second kappa shape index (κ2) is 3.24. The molecule has 80 valence electrons. The first-order valence-corrected chi connectivity index (χ1v) is 5.72. The molecule has 2 nitrogen and oxygen atoms in total. The van der Waals surface area contributed by atoms with Crippen molar-refractivity contribution in [2.75, 3.05) is 6.61 Å². The van der Waals surface area contributed by atoms with E-state index >= 15 is 0 Å². The van der Waals surface area contributed by atoms with Gasteiger partial charge in [0.25, 0.3) is 0 Å². The van der Waals surface area contributed by atoms with Crippen molar-refractivity contribution >= 4 is 0 Å². The van der Waals surface area contributed by atoms with E-state index in [2.05, 4.69) is 19.1 Å². The fraction of sp³-hybridized carbons (Fsp3) is 0.538. The minimum Gasteiger partial charge on any atom is -0.493 e. The normalized spacial score (nSPS) is 37.2. The van der Waals surface area contributed by atoms with Crippen molar-refractivity contribution in [2.24, 2.45) is 11.8 Å². The van der Waals surface area contributed by atoms with Crippen molar-refractivity contribution in [1.29, 1.82) is 0 Å². The summed E-state index contributed by atoms with van der Waals surface area (Å²) >= 11 is 0. The number of aliphatic hydroxyl groups is 1. The fourth-order valence-corrected chi connectivity index (χ4v) is 3.15. The molecule has 0 amide bonds. The molecular weight excluding hydrogens is 188 g/mol. The second-order valence-corrected chi connectivity index (χ2v) is 4.60. The van der Waals surface area contributed by atoms with Gasteiger partial charge in [0.15, 0.2) is 0 Å². The maximum absolute atomic E-state index is 9.95. The van der Waals surface area contributed by atoms with Crippen molar-refractivity contribution in [1.82, 2.24) is 0 Å². The third-order valence-electron chi connectivity index (χ3n) is 3.98. The van der Waals surface area contributed by atoms with Crippen LogP contribution in [0.1, 0.15) is 24.8 Å². The molecule has 1 heterocycles. The summed E-state index contributed by atoms with van der Waals surface area (Å²) in [4.78, 5) is 0. The van der Waals surface area contributed by atoms with Crippen molar-refractivity contribution in [3.63, 3.8) is 0 Å². The van der Waals surface area contributed by atoms with Crippen LogP contribution in [0.15, 0.2) is 24.3 Å². The highest BCUT2D eigenvalue weighted by atomic mass is 16.5. The number of ether oxygens (including phenoxy) is 1. The lowest BCUT2D eigenvalue weighted by molar-refractivity contribution is -0.0941. The van der Waals surface area contributed by atoms with E-state index in [4.69, 9.17) is 4.74 Å². The van der Waals surface area contributed by atoms with E-state index in [0.29, 0.717) is 24.4 Å². The second-order valence-electron chi connectivity index (χ2n) is 4.60. The first kappa shape index (κ1) is 9.22. The molecular formula is C13H16O2. The highest BCUT2D eigenvalue weighted by Crippen LogP contribution is 2.54. The van der Waals surface area contributed by atoms with Crippen LogP contribution in [-0.2, 0) is 0 Å². The molecule has 1 N–H and O–H groups in total. The van der Waals surface area contributed by atoms with E-state index in [1.54, 1.807) is 0 Å². The summed E-state index contributed by atoms with van der Waals surface area (Å²) in [6, 6.07) is 8.24. The number of aliphatic hydroxyl groups excluding tert-OH is 1. The van der Waals surface area contributed by atoms with Crippen molar-refractivity contribution < 1.29 is 9.84 Å². The highest BCUT2D eigenvalue weighted by Gasteiger charge is 2.52. The van der Waals surface area contributed by atoms with Crippen LogP contribution in [0.5, 0.6) is 5.75 Å². The number of fused-ring (bicyclic) bond motifs is 3. The molecule has 0 spiro atoms. The SMILES string of the molecule is CCC1C(O)C2COc3ccccc3C12. The van der Waals surface area contributed by atoms with Gasteiger partial charge in [-0.05, 0) is 17.5 Å². The molecule has 1 fully saturated rings. The summed E-state index contributed by atoms with van der Waals surface area (Å²) in [5.41, 5.74) is 1.30. The molecule has 1 aromatic carbocycles. The van der Waals surface area contributed by atoms with Crippen LogP contribution in [0.25, 0.3) is 0 Å². The van der Waals surface area contributed by atoms with Crippen LogP contribution >= 0.6 is 0 Å². The molecule has 0 aromatic heterocycles. The fourth-order valence-electron chi connectivity index (χ4n) is 3.15. The molecule has 0 radical (unpaired) electrons. The average Bonchev–Trinajstić information content (AvgIpc) is 2.28. The van der Waals surface area contributed by atoms with Gasteiger partial charge in [-0.3, -0.25) is 0 Å². The van der Waals surface area contributed by atoms with Gasteiger partial charge in [0.1, 0.15) is 5.75 Å². The Morgan fingerprint density at radius 1 is 1.40 bits per heavy atom. The lowest BCUT2D eigenvalue weighted by Crippen LogP contribution is -2.53. The Morgan fingerprint density at radius 2 is 2.20 bits per heavy atom. The minimum atomic E-state index is -0.159. The summed E-state index contributed by atoms with van der Waals surface area (Å²) in [6.45, 7) is 2.83. The molecule has 1 aliphatic heterocycles. The van der Waals surface area contributed by atoms with Gasteiger partial charge in [0.2, 0.25) is 0 Å². The molecule has 1 aliphatic carbocycles. The number of benzene rings is 1. The van der Waals surface area contributed by atoms with Crippen molar-refractivity contribution in [3.05, 3.63) is 29.8 Å². The highest BCUT2D eigenvalue weighted by molar-refractivity contribution is 5.41. The van der Waals surface area contributed by atoms with Gasteiger partial charge in [-0.1, -0.05) is 31.5 Å². The van der Waals surface area contributed by atoms with Gasteiger partial charge in [-0.2, -0.15) is 0 Å². The molecule has 4 unspecified atom stereocenters. The van der Waals surface area contributed by atoms with Crippen LogP contribution in [0, 0.1) is 11.8 Å². The van der Waals surface area contributed by atoms with Crippen LogP contribution in [0.4, 0.5) is 0 Å². The monoisotopic (exact) mass is 204 g/mol. The zero-order valence-electron chi connectivity index (χ0n) is 8.89. The van der Waals surface area contributed by atoms with Gasteiger partial charge in [0.05, 0.1) is 12.7 Å². The Morgan fingerprint density at radius 3 is 3.00 bits per heavy atom. The Labute approximate surface area is 89.9 Å². The van der Waals surface area contributed by atoms with Crippen molar-refractivity contribution in [2.45, 2.75) is 25.4 Å². The lowest BCUT2D eigenvalue weighted by Gasteiger charge is -2.52. The molecule has 2 aliphatic rings. The molecule has 15 heavy (non-hydrogen) atoms. The molecule has 2 heteroatoms. The summed E-state index contributed by atoms with van der Waals surface area (Å²) in [6.07, 6.45) is 0.893. The van der Waals surface area contributed by atoms with Gasteiger partial charge in [0, 0.05) is 11.8 Å². The van der Waals surface area contributed by atoms with E-state index in [-0.39, 0.29) is 6.10 Å². The van der Waals surface area contributed by atoms with Gasteiger partial charge in [-0.25, -0.2) is 0 Å². The predicted molar refractivity (Wildman–Crippen MR) is 58.0 cm³/mol. The largest absolute Gasteiger partial charge is 0.493 e. The minimum absolute atomic E-state index is 0.159. The van der Waals surface area contributed by atoms with Gasteiger partial charge in [-0.15, -0.1) is 0 Å². The number of hydrogen-bond donors (Lipinski definition) is 1. The van der Waals surface area contributed by atoms with Crippen LogP contribution in [0.3, 0.4) is 0 Å². The zero-order chi connectivity index (χ0) is 10.4. The Hall–Kier alpha value is -1.02. The number of hydrogen-bond acceptors (Lipinski definition) is 2. The zero-order valence-corrected chi connectivity index (χ0v) is 8.89. The van der Waals surface area contributed by atoms with E-state index < -0.39 is 0 Å². The first-order chi connectivity index (χ1) is 7.33. The van der Waals surface area contributed by atoms with Crippen LogP contribution in [0.2, 0.25) is 0 Å². The van der Waals surface area contributed by atoms with E-state index in [1.807, 2.05) is 12.1 Å². The third-order valence-corrected chi connectivity index (χ3v) is 3.98. The molecule has 1 saturated carbocycles. The lowest BCUT2D eigenvalue weighted by atomic mass is 9.58.